The highest BCUT2D eigenvalue weighted by molar-refractivity contribution is 5.78. The van der Waals surface area contributed by atoms with Crippen LogP contribution >= 0.6 is 0 Å². The van der Waals surface area contributed by atoms with Crippen LogP contribution in [-0.2, 0) is 18.3 Å². The molecule has 5 heteroatoms. The molecule has 5 nitrogen and oxygen atoms in total. The van der Waals surface area contributed by atoms with Crippen LogP contribution in [0.15, 0.2) is 12.3 Å². The van der Waals surface area contributed by atoms with Crippen LogP contribution in [0.25, 0.3) is 0 Å². The van der Waals surface area contributed by atoms with Crippen molar-refractivity contribution in [2.45, 2.75) is 19.8 Å². The zero-order valence-electron chi connectivity index (χ0n) is 9.94. The van der Waals surface area contributed by atoms with E-state index in [0.717, 1.165) is 18.5 Å². The highest BCUT2D eigenvalue weighted by Gasteiger charge is 2.10. The molecule has 90 valence electrons. The van der Waals surface area contributed by atoms with Crippen LogP contribution in [0.1, 0.15) is 19.0 Å². The van der Waals surface area contributed by atoms with Crippen LogP contribution in [0.4, 0.5) is 0 Å². The molecule has 0 saturated heterocycles. The zero-order valence-corrected chi connectivity index (χ0v) is 9.94. The molecule has 0 aromatic carbocycles. The molecule has 3 N–H and O–H groups in total. The Labute approximate surface area is 96.0 Å². The molecule has 0 aliphatic heterocycles. The fraction of sp³-hybridized carbons (Fsp3) is 0.636. The van der Waals surface area contributed by atoms with Crippen molar-refractivity contribution >= 4 is 5.91 Å². The molecule has 1 atom stereocenters. The van der Waals surface area contributed by atoms with E-state index >= 15 is 0 Å². The Kier molecular flexibility index (Phi) is 4.98. The van der Waals surface area contributed by atoms with E-state index in [4.69, 9.17) is 5.73 Å². The van der Waals surface area contributed by atoms with Gasteiger partial charge in [0.15, 0.2) is 0 Å². The molecule has 1 amide bonds. The number of carbonyl (C=O) groups excluding carboxylic acids is 1. The average molecular weight is 224 g/mol. The minimum atomic E-state index is -0.00580. The summed E-state index contributed by atoms with van der Waals surface area (Å²) in [6, 6.07) is 1.95. The molecular formula is C11H20N4O. The molecule has 0 bridgehead atoms. The molecule has 1 unspecified atom stereocenters. The summed E-state index contributed by atoms with van der Waals surface area (Å²) >= 11 is 0. The van der Waals surface area contributed by atoms with Gasteiger partial charge in [0.1, 0.15) is 0 Å². The Morgan fingerprint density at radius 3 is 3.00 bits per heavy atom. The Morgan fingerprint density at radius 2 is 2.44 bits per heavy atom. The van der Waals surface area contributed by atoms with Crippen molar-refractivity contribution in [3.8, 4) is 0 Å². The van der Waals surface area contributed by atoms with Gasteiger partial charge in [-0.15, -0.1) is 0 Å². The zero-order chi connectivity index (χ0) is 12.0. The predicted octanol–water partition coefficient (Wildman–Crippen LogP) is 0.0637. The standard InChI is InChI=1S/C11H20N4O/c1-9(3-6-12)11(16)13-7-4-10-5-8-15(2)14-10/h5,8-9H,3-4,6-7,12H2,1-2H3,(H,13,16). The number of hydrogen-bond acceptors (Lipinski definition) is 3. The fourth-order valence-corrected chi connectivity index (χ4v) is 1.47. The maximum absolute atomic E-state index is 11.5. The van der Waals surface area contributed by atoms with Crippen molar-refractivity contribution in [3.63, 3.8) is 0 Å². The third-order valence-corrected chi connectivity index (χ3v) is 2.50. The number of amides is 1. The Hall–Kier alpha value is -1.36. The van der Waals surface area contributed by atoms with Gasteiger partial charge in [-0.3, -0.25) is 9.48 Å². The quantitative estimate of drug-likeness (QED) is 0.718. The minimum Gasteiger partial charge on any atom is -0.355 e. The first-order valence-corrected chi connectivity index (χ1v) is 5.59. The van der Waals surface area contributed by atoms with Crippen molar-refractivity contribution in [2.24, 2.45) is 18.7 Å². The van der Waals surface area contributed by atoms with Gasteiger partial charge in [-0.2, -0.15) is 5.10 Å². The summed E-state index contributed by atoms with van der Waals surface area (Å²) in [5.74, 6) is 0.0649. The summed E-state index contributed by atoms with van der Waals surface area (Å²) < 4.78 is 1.76. The lowest BCUT2D eigenvalue weighted by Gasteiger charge is -2.10. The summed E-state index contributed by atoms with van der Waals surface area (Å²) in [7, 11) is 1.88. The molecule has 16 heavy (non-hydrogen) atoms. The van der Waals surface area contributed by atoms with Gasteiger partial charge in [0.25, 0.3) is 0 Å². The van der Waals surface area contributed by atoms with Crippen molar-refractivity contribution in [1.29, 1.82) is 0 Å². The van der Waals surface area contributed by atoms with Gasteiger partial charge < -0.3 is 11.1 Å². The average Bonchev–Trinajstić information content (AvgIpc) is 2.64. The van der Waals surface area contributed by atoms with Crippen LogP contribution in [0.3, 0.4) is 0 Å². The third-order valence-electron chi connectivity index (χ3n) is 2.50. The number of rotatable bonds is 6. The van der Waals surface area contributed by atoms with E-state index in [9.17, 15) is 4.79 Å². The van der Waals surface area contributed by atoms with E-state index in [1.807, 2.05) is 26.2 Å². The van der Waals surface area contributed by atoms with E-state index < -0.39 is 0 Å². The summed E-state index contributed by atoms with van der Waals surface area (Å²) in [6.07, 6.45) is 3.39. The first-order valence-electron chi connectivity index (χ1n) is 5.59. The number of hydrogen-bond donors (Lipinski definition) is 2. The van der Waals surface area contributed by atoms with Gasteiger partial charge >= 0.3 is 0 Å². The fourth-order valence-electron chi connectivity index (χ4n) is 1.47. The predicted molar refractivity (Wildman–Crippen MR) is 62.8 cm³/mol. The molecule has 1 aromatic rings. The normalized spacial score (nSPS) is 12.4. The molecule has 0 spiro atoms. The second-order valence-corrected chi connectivity index (χ2v) is 4.00. The lowest BCUT2D eigenvalue weighted by atomic mass is 10.1. The van der Waals surface area contributed by atoms with Crippen LogP contribution in [-0.4, -0.2) is 28.8 Å². The maximum atomic E-state index is 11.5. The first-order chi connectivity index (χ1) is 7.63. The summed E-state index contributed by atoms with van der Waals surface area (Å²) in [4.78, 5) is 11.5. The number of nitrogens with zero attached hydrogens (tertiary/aromatic N) is 2. The van der Waals surface area contributed by atoms with E-state index in [0.29, 0.717) is 13.1 Å². The third kappa shape index (κ3) is 4.02. The monoisotopic (exact) mass is 224 g/mol. The van der Waals surface area contributed by atoms with Crippen LogP contribution in [0.2, 0.25) is 0 Å². The van der Waals surface area contributed by atoms with Crippen molar-refractivity contribution in [2.75, 3.05) is 13.1 Å². The van der Waals surface area contributed by atoms with Crippen LogP contribution in [0.5, 0.6) is 0 Å². The van der Waals surface area contributed by atoms with E-state index in [2.05, 4.69) is 10.4 Å². The van der Waals surface area contributed by atoms with Crippen LogP contribution in [0, 0.1) is 5.92 Å². The highest BCUT2D eigenvalue weighted by atomic mass is 16.1. The van der Waals surface area contributed by atoms with E-state index in [1.165, 1.54) is 0 Å². The molecule has 1 rings (SSSR count). The molecule has 0 saturated carbocycles. The van der Waals surface area contributed by atoms with Crippen molar-refractivity contribution < 1.29 is 4.79 Å². The first kappa shape index (κ1) is 12.7. The molecule has 0 aliphatic carbocycles. The molecular weight excluding hydrogens is 204 g/mol. The topological polar surface area (TPSA) is 72.9 Å². The van der Waals surface area contributed by atoms with E-state index in [-0.39, 0.29) is 11.8 Å². The van der Waals surface area contributed by atoms with Gasteiger partial charge in [0.05, 0.1) is 5.69 Å². The van der Waals surface area contributed by atoms with Gasteiger partial charge in [-0.05, 0) is 19.0 Å². The summed E-state index contributed by atoms with van der Waals surface area (Å²) in [5.41, 5.74) is 6.39. The summed E-state index contributed by atoms with van der Waals surface area (Å²) in [5, 5.41) is 7.12. The summed E-state index contributed by atoms with van der Waals surface area (Å²) in [6.45, 7) is 3.07. The second kappa shape index (κ2) is 6.27. The SMILES string of the molecule is CC(CCN)C(=O)NCCc1ccn(C)n1. The molecule has 0 radical (unpaired) electrons. The lowest BCUT2D eigenvalue weighted by molar-refractivity contribution is -0.124. The van der Waals surface area contributed by atoms with Gasteiger partial charge in [0, 0.05) is 32.1 Å². The largest absolute Gasteiger partial charge is 0.355 e. The van der Waals surface area contributed by atoms with Gasteiger partial charge in [-0.1, -0.05) is 6.92 Å². The van der Waals surface area contributed by atoms with Crippen molar-refractivity contribution in [3.05, 3.63) is 18.0 Å². The minimum absolute atomic E-state index is 0.00580. The second-order valence-electron chi connectivity index (χ2n) is 4.00. The smallest absolute Gasteiger partial charge is 0.222 e. The molecule has 0 fully saturated rings. The molecule has 1 heterocycles. The number of carbonyl (C=O) groups is 1. The maximum Gasteiger partial charge on any atom is 0.222 e. The molecule has 1 aromatic heterocycles. The lowest BCUT2D eigenvalue weighted by Crippen LogP contribution is -2.32. The van der Waals surface area contributed by atoms with E-state index in [1.54, 1.807) is 4.68 Å². The Bertz CT molecular complexity index is 334. The van der Waals surface area contributed by atoms with Gasteiger partial charge in [-0.25, -0.2) is 0 Å². The Morgan fingerprint density at radius 1 is 1.69 bits per heavy atom. The highest BCUT2D eigenvalue weighted by Crippen LogP contribution is 2.00. The number of nitrogens with two attached hydrogens (primary N) is 1. The number of aromatic nitrogens is 2. The number of nitrogens with one attached hydrogen (secondary N) is 1. The number of aryl methyl sites for hydroxylation is 1. The Balaban J connectivity index is 2.22. The molecule has 0 aliphatic rings. The van der Waals surface area contributed by atoms with Crippen molar-refractivity contribution in [1.82, 2.24) is 15.1 Å². The van der Waals surface area contributed by atoms with Crippen LogP contribution < -0.4 is 11.1 Å². The van der Waals surface area contributed by atoms with Gasteiger partial charge in [0.2, 0.25) is 5.91 Å².